The van der Waals surface area contributed by atoms with E-state index in [9.17, 15) is 9.90 Å². The maximum atomic E-state index is 11.7. The number of carbonyl (C=O) groups is 1. The van der Waals surface area contributed by atoms with Gasteiger partial charge in [0.05, 0.1) is 5.69 Å². The van der Waals surface area contributed by atoms with Crippen molar-refractivity contribution in [2.75, 3.05) is 5.32 Å². The lowest BCUT2D eigenvalue weighted by Gasteiger charge is -2.29. The fraction of sp³-hybridized carbons (Fsp3) is 0.148. The molecule has 3 aromatic rings. The highest BCUT2D eigenvalue weighted by atomic mass is 16.4. The molecule has 3 heteroatoms. The first-order valence-corrected chi connectivity index (χ1v) is 10.0. The molecule has 0 spiro atoms. The summed E-state index contributed by atoms with van der Waals surface area (Å²) in [5.74, 6) is 0. The Morgan fingerprint density at radius 2 is 1.43 bits per heavy atom. The number of nitrogens with one attached hydrogen (secondary N) is 1. The zero-order chi connectivity index (χ0) is 21.6. The average molecular weight is 398 g/mol. The Hall–Kier alpha value is -3.59. The highest BCUT2D eigenvalue weighted by molar-refractivity contribution is 6.17. The van der Waals surface area contributed by atoms with Gasteiger partial charge in [-0.2, -0.15) is 0 Å². The average Bonchev–Trinajstić information content (AvgIpc) is 2.72. The Balaban J connectivity index is 2.15. The molecular weight excluding hydrogens is 370 g/mol. The summed E-state index contributed by atoms with van der Waals surface area (Å²) in [4.78, 5) is 11.7. The van der Waals surface area contributed by atoms with Crippen molar-refractivity contribution in [1.82, 2.24) is 0 Å². The molecule has 0 saturated heterocycles. The quantitative estimate of drug-likeness (QED) is 0.318. The summed E-state index contributed by atoms with van der Waals surface area (Å²) in [6.45, 7) is 7.96. The number of rotatable bonds is 7. The van der Waals surface area contributed by atoms with Crippen LogP contribution in [0.3, 0.4) is 0 Å². The van der Waals surface area contributed by atoms with Crippen LogP contribution in [-0.2, 0) is 5.41 Å². The predicted octanol–water partition coefficient (Wildman–Crippen LogP) is 7.61. The summed E-state index contributed by atoms with van der Waals surface area (Å²) in [6.07, 6.45) is 13.3. The highest BCUT2D eigenvalue weighted by Gasteiger charge is 2.27. The van der Waals surface area contributed by atoms with E-state index in [0.29, 0.717) is 5.69 Å². The molecule has 0 atom stereocenters. The molecule has 0 radical (unpaired) electrons. The van der Waals surface area contributed by atoms with Crippen LogP contribution in [0.4, 0.5) is 10.5 Å². The van der Waals surface area contributed by atoms with Gasteiger partial charge in [-0.3, -0.25) is 5.32 Å². The van der Waals surface area contributed by atoms with E-state index in [0.717, 1.165) is 33.5 Å². The van der Waals surface area contributed by atoms with E-state index in [2.05, 4.69) is 44.0 Å². The Kier molecular flexibility index (Phi) is 6.53. The fourth-order valence-electron chi connectivity index (χ4n) is 3.90. The molecule has 1 amide bonds. The zero-order valence-corrected chi connectivity index (χ0v) is 17.4. The third-order valence-electron chi connectivity index (χ3n) is 5.19. The van der Waals surface area contributed by atoms with Crippen LogP contribution in [0, 0.1) is 0 Å². The number of amides is 1. The molecule has 0 bridgehead atoms. The van der Waals surface area contributed by atoms with Crippen LogP contribution >= 0.6 is 0 Å². The standard InChI is InChI=1S/C27H27NO2/c1-4-5-6-7-8-9-14-19-27(2,3)24-22-17-12-10-15-20(22)21-16-11-13-18-23(21)25(24)28-26(29)30/h4-18,28H,1,19H2,2-3H3,(H,29,30)/b6-5+,8-7+,14-9+. The first kappa shape index (κ1) is 21.1. The van der Waals surface area contributed by atoms with Crippen LogP contribution in [0.25, 0.3) is 21.5 Å². The smallest absolute Gasteiger partial charge is 0.409 e. The van der Waals surface area contributed by atoms with Crippen molar-refractivity contribution < 1.29 is 9.90 Å². The molecule has 0 aliphatic heterocycles. The first-order chi connectivity index (χ1) is 14.5. The van der Waals surface area contributed by atoms with E-state index in [1.165, 1.54) is 0 Å². The molecule has 0 fully saturated rings. The monoisotopic (exact) mass is 397 g/mol. The second-order valence-electron chi connectivity index (χ2n) is 7.79. The largest absolute Gasteiger partial charge is 0.465 e. The summed E-state index contributed by atoms with van der Waals surface area (Å²) in [5, 5.41) is 16.4. The number of allylic oxidation sites excluding steroid dienone is 7. The lowest BCUT2D eigenvalue weighted by atomic mass is 9.76. The van der Waals surface area contributed by atoms with Gasteiger partial charge in [-0.25, -0.2) is 4.79 Å². The van der Waals surface area contributed by atoms with E-state index in [1.807, 2.05) is 66.8 Å². The van der Waals surface area contributed by atoms with Gasteiger partial charge in [0.15, 0.2) is 0 Å². The molecule has 2 N–H and O–H groups in total. The van der Waals surface area contributed by atoms with Crippen molar-refractivity contribution in [2.24, 2.45) is 0 Å². The van der Waals surface area contributed by atoms with Crippen LogP contribution < -0.4 is 5.32 Å². The third-order valence-corrected chi connectivity index (χ3v) is 5.19. The lowest BCUT2D eigenvalue weighted by molar-refractivity contribution is 0.209. The van der Waals surface area contributed by atoms with E-state index < -0.39 is 6.09 Å². The number of fused-ring (bicyclic) bond motifs is 3. The van der Waals surface area contributed by atoms with Gasteiger partial charge in [0.25, 0.3) is 0 Å². The fourth-order valence-corrected chi connectivity index (χ4v) is 3.90. The summed E-state index contributed by atoms with van der Waals surface area (Å²) in [5.41, 5.74) is 1.39. The topological polar surface area (TPSA) is 49.3 Å². The summed E-state index contributed by atoms with van der Waals surface area (Å²) in [7, 11) is 0. The normalized spacial score (nSPS) is 12.5. The van der Waals surface area contributed by atoms with Crippen LogP contribution in [-0.4, -0.2) is 11.2 Å². The van der Waals surface area contributed by atoms with Gasteiger partial charge < -0.3 is 5.11 Å². The number of benzene rings is 3. The number of hydrogen-bond donors (Lipinski definition) is 2. The summed E-state index contributed by atoms with van der Waals surface area (Å²) in [6, 6.07) is 16.2. The van der Waals surface area contributed by atoms with Gasteiger partial charge in [0.1, 0.15) is 0 Å². The van der Waals surface area contributed by atoms with E-state index in [-0.39, 0.29) is 5.41 Å². The molecule has 0 aliphatic carbocycles. The van der Waals surface area contributed by atoms with E-state index in [1.54, 1.807) is 6.08 Å². The molecular formula is C27H27NO2. The number of hydrogen-bond acceptors (Lipinski definition) is 1. The maximum absolute atomic E-state index is 11.7. The van der Waals surface area contributed by atoms with E-state index >= 15 is 0 Å². The molecule has 0 aromatic heterocycles. The minimum Gasteiger partial charge on any atom is -0.465 e. The zero-order valence-electron chi connectivity index (χ0n) is 17.4. The molecule has 3 rings (SSSR count). The van der Waals surface area contributed by atoms with Crippen LogP contribution in [0.15, 0.2) is 97.6 Å². The number of anilines is 1. The van der Waals surface area contributed by atoms with E-state index in [4.69, 9.17) is 0 Å². The molecule has 152 valence electrons. The van der Waals surface area contributed by atoms with Crippen molar-refractivity contribution in [1.29, 1.82) is 0 Å². The van der Waals surface area contributed by atoms with Gasteiger partial charge in [-0.1, -0.05) is 111 Å². The Morgan fingerprint density at radius 1 is 0.900 bits per heavy atom. The van der Waals surface area contributed by atoms with Crippen molar-refractivity contribution >= 4 is 33.3 Å². The minimum atomic E-state index is -1.06. The van der Waals surface area contributed by atoms with Crippen LogP contribution in [0.2, 0.25) is 0 Å². The Morgan fingerprint density at radius 3 is 2.07 bits per heavy atom. The second-order valence-corrected chi connectivity index (χ2v) is 7.79. The third kappa shape index (κ3) is 4.52. The second kappa shape index (κ2) is 9.27. The minimum absolute atomic E-state index is 0.289. The molecule has 30 heavy (non-hydrogen) atoms. The van der Waals surface area contributed by atoms with Crippen molar-refractivity contribution in [3.8, 4) is 0 Å². The summed E-state index contributed by atoms with van der Waals surface area (Å²) < 4.78 is 0. The van der Waals surface area contributed by atoms with Crippen molar-refractivity contribution in [2.45, 2.75) is 25.7 Å². The highest BCUT2D eigenvalue weighted by Crippen LogP contribution is 2.44. The predicted molar refractivity (Wildman–Crippen MR) is 128 cm³/mol. The SMILES string of the molecule is C=C/C=C/C=C/C=C/CC(C)(C)c1c(NC(=O)O)c2ccccc2c2ccccc12. The van der Waals surface area contributed by atoms with Gasteiger partial charge in [-0.15, -0.1) is 0 Å². The number of carboxylic acid groups (broad SMARTS) is 1. The molecule has 3 aromatic carbocycles. The van der Waals surface area contributed by atoms with Crippen LogP contribution in [0.5, 0.6) is 0 Å². The van der Waals surface area contributed by atoms with Gasteiger partial charge in [-0.05, 0) is 33.6 Å². The summed E-state index contributed by atoms with van der Waals surface area (Å²) >= 11 is 0. The van der Waals surface area contributed by atoms with Crippen LogP contribution in [0.1, 0.15) is 25.8 Å². The molecule has 0 aliphatic rings. The van der Waals surface area contributed by atoms with Crippen molar-refractivity contribution in [3.05, 3.63) is 103 Å². The lowest BCUT2D eigenvalue weighted by Crippen LogP contribution is -2.21. The maximum Gasteiger partial charge on any atom is 0.409 e. The van der Waals surface area contributed by atoms with Crippen molar-refractivity contribution in [3.63, 3.8) is 0 Å². The molecule has 0 unspecified atom stereocenters. The Labute approximate surface area is 177 Å². The molecule has 0 saturated carbocycles. The Bertz CT molecular complexity index is 1170. The molecule has 3 nitrogen and oxygen atoms in total. The van der Waals surface area contributed by atoms with Gasteiger partial charge >= 0.3 is 6.09 Å². The van der Waals surface area contributed by atoms with Gasteiger partial charge in [0, 0.05) is 5.39 Å². The van der Waals surface area contributed by atoms with Gasteiger partial charge in [0.2, 0.25) is 0 Å². The first-order valence-electron chi connectivity index (χ1n) is 10.0. The molecule has 0 heterocycles.